The van der Waals surface area contributed by atoms with Crippen LogP contribution in [-0.4, -0.2) is 20.7 Å². The average Bonchev–Trinajstić information content (AvgIpc) is 3.15. The van der Waals surface area contributed by atoms with E-state index in [1.807, 2.05) is 19.2 Å². The van der Waals surface area contributed by atoms with Gasteiger partial charge in [-0.05, 0) is 56.6 Å². The molecule has 0 radical (unpaired) electrons. The molecule has 0 spiro atoms. The van der Waals surface area contributed by atoms with Gasteiger partial charge in [0.2, 0.25) is 0 Å². The molecule has 1 fully saturated rings. The standard InChI is InChI=1S/C14H21ClN2O/c1-9-6-12(18-3)11(15)7-10(9)13(17-2)14(8-16)4-5-14/h6-7,13,17H,4-5,8,16H2,1-3H3. The molecule has 0 heterocycles. The maximum Gasteiger partial charge on any atom is 0.137 e. The van der Waals surface area contributed by atoms with Crippen LogP contribution in [0.1, 0.15) is 30.0 Å². The van der Waals surface area contributed by atoms with Crippen LogP contribution in [0.25, 0.3) is 0 Å². The summed E-state index contributed by atoms with van der Waals surface area (Å²) in [5, 5.41) is 4.06. The van der Waals surface area contributed by atoms with Crippen molar-refractivity contribution >= 4 is 11.6 Å². The van der Waals surface area contributed by atoms with Gasteiger partial charge in [-0.3, -0.25) is 0 Å². The van der Waals surface area contributed by atoms with Crippen LogP contribution in [0.4, 0.5) is 0 Å². The van der Waals surface area contributed by atoms with Crippen LogP contribution < -0.4 is 15.8 Å². The highest BCUT2D eigenvalue weighted by atomic mass is 35.5. The lowest BCUT2D eigenvalue weighted by molar-refractivity contribution is 0.364. The maximum atomic E-state index is 6.23. The number of ether oxygens (including phenoxy) is 1. The first kappa shape index (κ1) is 13.7. The first-order valence-corrected chi connectivity index (χ1v) is 6.67. The molecule has 1 aliphatic rings. The van der Waals surface area contributed by atoms with Crippen molar-refractivity contribution in [2.24, 2.45) is 11.1 Å². The molecular weight excluding hydrogens is 248 g/mol. The van der Waals surface area contributed by atoms with Gasteiger partial charge in [0.1, 0.15) is 5.75 Å². The van der Waals surface area contributed by atoms with Gasteiger partial charge in [0.05, 0.1) is 12.1 Å². The van der Waals surface area contributed by atoms with Gasteiger partial charge in [-0.25, -0.2) is 0 Å². The van der Waals surface area contributed by atoms with E-state index < -0.39 is 0 Å². The Hall–Kier alpha value is -0.770. The summed E-state index contributed by atoms with van der Waals surface area (Å²) in [6, 6.07) is 4.27. The highest BCUT2D eigenvalue weighted by molar-refractivity contribution is 6.32. The predicted molar refractivity (Wildman–Crippen MR) is 75.3 cm³/mol. The Kier molecular flexibility index (Phi) is 3.85. The van der Waals surface area contributed by atoms with Crippen LogP contribution in [0.5, 0.6) is 5.75 Å². The zero-order valence-electron chi connectivity index (χ0n) is 11.2. The summed E-state index contributed by atoms with van der Waals surface area (Å²) in [6.07, 6.45) is 2.36. The number of halogens is 1. The lowest BCUT2D eigenvalue weighted by Gasteiger charge is -2.28. The van der Waals surface area contributed by atoms with Crippen LogP contribution in [0.2, 0.25) is 5.02 Å². The number of methoxy groups -OCH3 is 1. The minimum atomic E-state index is 0.206. The molecule has 3 N–H and O–H groups in total. The number of nitrogens with two attached hydrogens (primary N) is 1. The summed E-state index contributed by atoms with van der Waals surface area (Å²) >= 11 is 6.23. The Morgan fingerprint density at radius 1 is 1.50 bits per heavy atom. The van der Waals surface area contributed by atoms with E-state index in [0.29, 0.717) is 11.6 Å². The summed E-state index contributed by atoms with van der Waals surface area (Å²) < 4.78 is 5.24. The zero-order valence-corrected chi connectivity index (χ0v) is 12.0. The van der Waals surface area contributed by atoms with E-state index in [2.05, 4.69) is 12.2 Å². The first-order chi connectivity index (χ1) is 8.57. The highest BCUT2D eigenvalue weighted by Crippen LogP contribution is 2.54. The van der Waals surface area contributed by atoms with Crippen LogP contribution in [-0.2, 0) is 0 Å². The minimum absolute atomic E-state index is 0.206. The van der Waals surface area contributed by atoms with E-state index in [-0.39, 0.29) is 11.5 Å². The van der Waals surface area contributed by atoms with E-state index in [0.717, 1.165) is 5.75 Å². The molecule has 2 rings (SSSR count). The SMILES string of the molecule is CNC(c1cc(Cl)c(OC)cc1C)C1(CN)CC1. The molecule has 1 aliphatic carbocycles. The molecule has 3 nitrogen and oxygen atoms in total. The van der Waals surface area contributed by atoms with E-state index >= 15 is 0 Å². The van der Waals surface area contributed by atoms with Crippen LogP contribution in [0.15, 0.2) is 12.1 Å². The molecule has 0 bridgehead atoms. The Morgan fingerprint density at radius 2 is 2.17 bits per heavy atom. The van der Waals surface area contributed by atoms with Crippen molar-refractivity contribution in [2.75, 3.05) is 20.7 Å². The summed E-state index contributed by atoms with van der Waals surface area (Å²) in [7, 11) is 3.62. The van der Waals surface area contributed by atoms with Crippen LogP contribution >= 0.6 is 11.6 Å². The van der Waals surface area contributed by atoms with Gasteiger partial charge in [0.25, 0.3) is 0 Å². The first-order valence-electron chi connectivity index (χ1n) is 6.29. The fourth-order valence-corrected chi connectivity index (χ4v) is 2.95. The van der Waals surface area contributed by atoms with E-state index in [4.69, 9.17) is 22.1 Å². The normalized spacial score (nSPS) is 18.5. The second-order valence-corrected chi connectivity index (χ2v) is 5.54. The van der Waals surface area contributed by atoms with Crippen molar-refractivity contribution in [1.82, 2.24) is 5.32 Å². The molecule has 0 aliphatic heterocycles. The van der Waals surface area contributed by atoms with Crippen molar-refractivity contribution < 1.29 is 4.74 Å². The molecule has 1 saturated carbocycles. The van der Waals surface area contributed by atoms with Gasteiger partial charge >= 0.3 is 0 Å². The van der Waals surface area contributed by atoms with Crippen molar-refractivity contribution in [3.63, 3.8) is 0 Å². The summed E-state index contributed by atoms with van der Waals surface area (Å²) in [5.74, 6) is 0.727. The van der Waals surface area contributed by atoms with E-state index in [9.17, 15) is 0 Å². The van der Waals surface area contributed by atoms with Gasteiger partial charge < -0.3 is 15.8 Å². The van der Waals surface area contributed by atoms with E-state index in [1.54, 1.807) is 7.11 Å². The lowest BCUT2D eigenvalue weighted by Crippen LogP contribution is -2.32. The Labute approximate surface area is 114 Å². The summed E-state index contributed by atoms with van der Waals surface area (Å²) in [5.41, 5.74) is 8.55. The van der Waals surface area contributed by atoms with Crippen LogP contribution in [0.3, 0.4) is 0 Å². The molecule has 100 valence electrons. The van der Waals surface area contributed by atoms with E-state index in [1.165, 1.54) is 24.0 Å². The van der Waals surface area contributed by atoms with Crippen molar-refractivity contribution in [3.05, 3.63) is 28.3 Å². The largest absolute Gasteiger partial charge is 0.495 e. The number of hydrogen-bond donors (Lipinski definition) is 2. The Morgan fingerprint density at radius 3 is 2.61 bits per heavy atom. The molecule has 1 aromatic carbocycles. The Bertz CT molecular complexity index is 444. The van der Waals surface area contributed by atoms with Gasteiger partial charge in [-0.15, -0.1) is 0 Å². The quantitative estimate of drug-likeness (QED) is 0.863. The molecule has 1 aromatic rings. The van der Waals surface area contributed by atoms with Crippen molar-refractivity contribution in [1.29, 1.82) is 0 Å². The van der Waals surface area contributed by atoms with Crippen molar-refractivity contribution in [3.8, 4) is 5.75 Å². The topological polar surface area (TPSA) is 47.3 Å². The average molecular weight is 269 g/mol. The number of hydrogen-bond acceptors (Lipinski definition) is 3. The van der Waals surface area contributed by atoms with Gasteiger partial charge in [-0.2, -0.15) is 0 Å². The molecule has 0 saturated heterocycles. The smallest absolute Gasteiger partial charge is 0.137 e. The third-order valence-corrected chi connectivity index (χ3v) is 4.35. The number of rotatable bonds is 5. The third-order valence-electron chi connectivity index (χ3n) is 4.05. The monoisotopic (exact) mass is 268 g/mol. The number of aryl methyl sites for hydroxylation is 1. The molecule has 1 atom stereocenters. The molecule has 1 unspecified atom stereocenters. The molecule has 0 aromatic heterocycles. The second kappa shape index (κ2) is 5.08. The summed E-state index contributed by atoms with van der Waals surface area (Å²) in [6.45, 7) is 2.80. The fraction of sp³-hybridized carbons (Fsp3) is 0.571. The fourth-order valence-electron chi connectivity index (χ4n) is 2.70. The zero-order chi connectivity index (χ0) is 13.3. The molecule has 4 heteroatoms. The second-order valence-electron chi connectivity index (χ2n) is 5.13. The van der Waals surface area contributed by atoms with Gasteiger partial charge in [0.15, 0.2) is 0 Å². The molecule has 0 amide bonds. The predicted octanol–water partition coefficient (Wildman–Crippen LogP) is 2.66. The molecular formula is C14H21ClN2O. The minimum Gasteiger partial charge on any atom is -0.495 e. The van der Waals surface area contributed by atoms with Crippen LogP contribution in [0, 0.1) is 12.3 Å². The third kappa shape index (κ3) is 2.22. The van der Waals surface area contributed by atoms with Gasteiger partial charge in [-0.1, -0.05) is 11.6 Å². The molecule has 18 heavy (non-hydrogen) atoms. The Balaban J connectivity index is 2.40. The van der Waals surface area contributed by atoms with Gasteiger partial charge in [0, 0.05) is 11.5 Å². The number of nitrogens with one attached hydrogen (secondary N) is 1. The lowest BCUT2D eigenvalue weighted by atomic mass is 9.87. The maximum absolute atomic E-state index is 6.23. The van der Waals surface area contributed by atoms with Crippen molar-refractivity contribution in [2.45, 2.75) is 25.8 Å². The number of benzene rings is 1. The highest BCUT2D eigenvalue weighted by Gasteiger charge is 2.48. The summed E-state index contributed by atoms with van der Waals surface area (Å²) in [4.78, 5) is 0.